The van der Waals surface area contributed by atoms with Gasteiger partial charge >= 0.3 is 0 Å². The zero-order chi connectivity index (χ0) is 15.3. The first-order chi connectivity index (χ1) is 9.92. The third-order valence-electron chi connectivity index (χ3n) is 3.84. The van der Waals surface area contributed by atoms with Gasteiger partial charge in [0.2, 0.25) is 0 Å². The molecule has 1 fully saturated rings. The molecule has 0 aliphatic carbocycles. The highest BCUT2D eigenvalue weighted by atomic mass is 28.4. The SMILES string of the molecule is C[Si](C)(C)OC1(C#N)CCCN(Cc2ccccc2)CC1. The topological polar surface area (TPSA) is 36.3 Å². The van der Waals surface area contributed by atoms with Crippen LogP contribution in [0.25, 0.3) is 0 Å². The van der Waals surface area contributed by atoms with Gasteiger partial charge in [-0.25, -0.2) is 0 Å². The van der Waals surface area contributed by atoms with Crippen molar-refractivity contribution < 1.29 is 4.43 Å². The summed E-state index contributed by atoms with van der Waals surface area (Å²) in [5.74, 6) is 0. The number of nitrogens with zero attached hydrogens (tertiary/aromatic N) is 2. The summed E-state index contributed by atoms with van der Waals surface area (Å²) in [6.07, 6.45) is 2.71. The van der Waals surface area contributed by atoms with Crippen LogP contribution in [0.3, 0.4) is 0 Å². The third-order valence-corrected chi connectivity index (χ3v) is 4.84. The first-order valence-electron chi connectivity index (χ1n) is 7.80. The van der Waals surface area contributed by atoms with Crippen molar-refractivity contribution in [3.8, 4) is 6.07 Å². The first kappa shape index (κ1) is 16.2. The number of likely N-dealkylation sites (tertiary alicyclic amines) is 1. The van der Waals surface area contributed by atoms with Crippen molar-refractivity contribution in [2.45, 2.75) is 51.0 Å². The van der Waals surface area contributed by atoms with E-state index in [9.17, 15) is 5.26 Å². The maximum Gasteiger partial charge on any atom is 0.185 e. The molecule has 1 aromatic rings. The molecule has 114 valence electrons. The van der Waals surface area contributed by atoms with Crippen LogP contribution in [0.1, 0.15) is 24.8 Å². The lowest BCUT2D eigenvalue weighted by molar-refractivity contribution is 0.101. The second kappa shape index (κ2) is 6.74. The van der Waals surface area contributed by atoms with Gasteiger partial charge in [0, 0.05) is 19.5 Å². The van der Waals surface area contributed by atoms with E-state index in [1.807, 2.05) is 0 Å². The fourth-order valence-electron chi connectivity index (χ4n) is 2.99. The lowest BCUT2D eigenvalue weighted by Gasteiger charge is -2.33. The maximum atomic E-state index is 9.63. The van der Waals surface area contributed by atoms with E-state index < -0.39 is 13.9 Å². The van der Waals surface area contributed by atoms with Crippen LogP contribution in [0.4, 0.5) is 0 Å². The second-order valence-electron chi connectivity index (χ2n) is 6.94. The Bertz CT molecular complexity index is 492. The lowest BCUT2D eigenvalue weighted by Crippen LogP contribution is -2.42. The molecule has 0 bridgehead atoms. The third kappa shape index (κ3) is 4.96. The molecule has 0 radical (unpaired) electrons. The quantitative estimate of drug-likeness (QED) is 0.794. The van der Waals surface area contributed by atoms with Crippen LogP contribution in [0.5, 0.6) is 0 Å². The Hall–Kier alpha value is -1.15. The molecular weight excluding hydrogens is 276 g/mol. The van der Waals surface area contributed by atoms with E-state index in [-0.39, 0.29) is 0 Å². The highest BCUT2D eigenvalue weighted by molar-refractivity contribution is 6.69. The Kier molecular flexibility index (Phi) is 5.21. The summed E-state index contributed by atoms with van der Waals surface area (Å²) < 4.78 is 6.25. The summed E-state index contributed by atoms with van der Waals surface area (Å²) in [5, 5.41) is 9.63. The van der Waals surface area contributed by atoms with E-state index in [2.05, 4.69) is 60.9 Å². The number of benzene rings is 1. The van der Waals surface area contributed by atoms with Crippen molar-refractivity contribution in [3.63, 3.8) is 0 Å². The maximum absolute atomic E-state index is 9.63. The predicted molar refractivity (Wildman–Crippen MR) is 88.3 cm³/mol. The minimum Gasteiger partial charge on any atom is -0.400 e. The molecule has 1 aliphatic rings. The molecule has 0 N–H and O–H groups in total. The fourth-order valence-corrected chi connectivity index (χ4v) is 4.41. The van der Waals surface area contributed by atoms with Crippen LogP contribution < -0.4 is 0 Å². The molecule has 1 heterocycles. The Morgan fingerprint density at radius 1 is 1.19 bits per heavy atom. The largest absolute Gasteiger partial charge is 0.400 e. The van der Waals surface area contributed by atoms with Gasteiger partial charge < -0.3 is 4.43 Å². The Balaban J connectivity index is 1.99. The highest BCUT2D eigenvalue weighted by Gasteiger charge is 2.37. The van der Waals surface area contributed by atoms with E-state index in [0.29, 0.717) is 0 Å². The average Bonchev–Trinajstić information content (AvgIpc) is 2.62. The van der Waals surface area contributed by atoms with E-state index in [0.717, 1.165) is 38.9 Å². The number of rotatable bonds is 4. The summed E-state index contributed by atoms with van der Waals surface area (Å²) in [4.78, 5) is 2.45. The Morgan fingerprint density at radius 2 is 1.90 bits per heavy atom. The summed E-state index contributed by atoms with van der Waals surface area (Å²) in [5.41, 5.74) is 0.781. The molecule has 0 spiro atoms. The van der Waals surface area contributed by atoms with Gasteiger partial charge in [0.1, 0.15) is 5.60 Å². The van der Waals surface area contributed by atoms with Crippen LogP contribution in [-0.4, -0.2) is 31.9 Å². The molecule has 2 rings (SSSR count). The number of hydrogen-bond donors (Lipinski definition) is 0. The van der Waals surface area contributed by atoms with E-state index >= 15 is 0 Å². The smallest absolute Gasteiger partial charge is 0.185 e. The van der Waals surface area contributed by atoms with Gasteiger partial charge in [-0.1, -0.05) is 30.3 Å². The van der Waals surface area contributed by atoms with Crippen LogP contribution in [0, 0.1) is 11.3 Å². The van der Waals surface area contributed by atoms with E-state index in [1.54, 1.807) is 0 Å². The van der Waals surface area contributed by atoms with Gasteiger partial charge in [-0.15, -0.1) is 0 Å². The van der Waals surface area contributed by atoms with Gasteiger partial charge in [-0.3, -0.25) is 4.90 Å². The van der Waals surface area contributed by atoms with E-state index in [4.69, 9.17) is 4.43 Å². The molecule has 1 unspecified atom stereocenters. The van der Waals surface area contributed by atoms with Crippen molar-refractivity contribution in [1.82, 2.24) is 4.90 Å². The van der Waals surface area contributed by atoms with Gasteiger partial charge in [-0.05, 0) is 44.6 Å². The normalized spacial score (nSPS) is 24.3. The summed E-state index contributed by atoms with van der Waals surface area (Å²) >= 11 is 0. The molecule has 1 aromatic carbocycles. The highest BCUT2D eigenvalue weighted by Crippen LogP contribution is 2.29. The number of nitriles is 1. The monoisotopic (exact) mass is 302 g/mol. The zero-order valence-electron chi connectivity index (χ0n) is 13.4. The van der Waals surface area contributed by atoms with Crippen LogP contribution in [0.2, 0.25) is 19.6 Å². The molecule has 4 heteroatoms. The Labute approximate surface area is 129 Å². The van der Waals surface area contributed by atoms with Gasteiger partial charge in [-0.2, -0.15) is 5.26 Å². The lowest BCUT2D eigenvalue weighted by atomic mass is 9.97. The predicted octanol–water partition coefficient (Wildman–Crippen LogP) is 3.79. The molecular formula is C17H26N2OSi. The van der Waals surface area contributed by atoms with Gasteiger partial charge in [0.05, 0.1) is 6.07 Å². The minimum absolute atomic E-state index is 0.560. The molecule has 0 aromatic heterocycles. The van der Waals surface area contributed by atoms with Crippen LogP contribution >= 0.6 is 0 Å². The molecule has 1 aliphatic heterocycles. The fraction of sp³-hybridized carbons (Fsp3) is 0.588. The van der Waals surface area contributed by atoms with Crippen molar-refractivity contribution in [2.24, 2.45) is 0 Å². The minimum atomic E-state index is -1.70. The zero-order valence-corrected chi connectivity index (χ0v) is 14.4. The summed E-state index contributed by atoms with van der Waals surface area (Å²) in [7, 11) is -1.70. The second-order valence-corrected chi connectivity index (χ2v) is 11.4. The standard InChI is InChI=1S/C17H26N2OSi/c1-21(2,3)20-17(15-18)10-7-12-19(13-11-17)14-16-8-5-4-6-9-16/h4-6,8-9H,7,10-14H2,1-3H3. The van der Waals surface area contributed by atoms with Crippen molar-refractivity contribution in [2.75, 3.05) is 13.1 Å². The first-order valence-corrected chi connectivity index (χ1v) is 11.2. The molecule has 0 saturated carbocycles. The van der Waals surface area contributed by atoms with Crippen molar-refractivity contribution in [1.29, 1.82) is 5.26 Å². The van der Waals surface area contributed by atoms with Crippen LogP contribution in [0.15, 0.2) is 30.3 Å². The molecule has 21 heavy (non-hydrogen) atoms. The summed E-state index contributed by atoms with van der Waals surface area (Å²) in [6.45, 7) is 9.45. The number of hydrogen-bond acceptors (Lipinski definition) is 3. The van der Waals surface area contributed by atoms with Gasteiger partial charge in [0.15, 0.2) is 8.32 Å². The van der Waals surface area contributed by atoms with Gasteiger partial charge in [0.25, 0.3) is 0 Å². The van der Waals surface area contributed by atoms with E-state index in [1.165, 1.54) is 5.56 Å². The summed E-state index contributed by atoms with van der Waals surface area (Å²) in [6, 6.07) is 13.0. The molecule has 0 amide bonds. The van der Waals surface area contributed by atoms with Crippen molar-refractivity contribution >= 4 is 8.32 Å². The molecule has 1 saturated heterocycles. The van der Waals surface area contributed by atoms with Crippen LogP contribution in [-0.2, 0) is 11.0 Å². The molecule has 1 atom stereocenters. The average molecular weight is 302 g/mol. The molecule has 3 nitrogen and oxygen atoms in total. The Morgan fingerprint density at radius 3 is 2.52 bits per heavy atom. The van der Waals surface area contributed by atoms with Crippen molar-refractivity contribution in [3.05, 3.63) is 35.9 Å².